The second kappa shape index (κ2) is 16.1. The van der Waals surface area contributed by atoms with Gasteiger partial charge >= 0.3 is 0 Å². The van der Waals surface area contributed by atoms with E-state index in [2.05, 4.69) is 20.9 Å². The number of nitrogens with one attached hydrogen (secondary N) is 4. The molecular formula is C31H36Cl2N8O3. The van der Waals surface area contributed by atoms with E-state index in [9.17, 15) is 14.4 Å². The van der Waals surface area contributed by atoms with Gasteiger partial charge in [-0.05, 0) is 43.2 Å². The molecule has 0 unspecified atom stereocenters. The Labute approximate surface area is 267 Å². The lowest BCUT2D eigenvalue weighted by Gasteiger charge is -2.17. The largest absolute Gasteiger partial charge is 0.399 e. The quantitative estimate of drug-likeness (QED) is 0.0822. The first-order chi connectivity index (χ1) is 20.1. The molecular weight excluding hydrogens is 603 g/mol. The van der Waals surface area contributed by atoms with Gasteiger partial charge in [0.2, 0.25) is 5.91 Å². The maximum atomic E-state index is 13.5. The van der Waals surface area contributed by atoms with E-state index in [1.165, 1.54) is 10.8 Å². The van der Waals surface area contributed by atoms with Crippen molar-refractivity contribution in [2.45, 2.75) is 39.5 Å². The number of benzene rings is 3. The van der Waals surface area contributed by atoms with Crippen LogP contribution in [0.15, 0.2) is 83.8 Å². The Morgan fingerprint density at radius 2 is 1.55 bits per heavy atom. The Bertz CT molecular complexity index is 1660. The van der Waals surface area contributed by atoms with Crippen molar-refractivity contribution >= 4 is 54.0 Å². The maximum Gasteiger partial charge on any atom is 0.294 e. The summed E-state index contributed by atoms with van der Waals surface area (Å²) in [6.45, 7) is 4.01. The summed E-state index contributed by atoms with van der Waals surface area (Å²) >= 11 is 0. The van der Waals surface area contributed by atoms with Gasteiger partial charge in [0.1, 0.15) is 12.4 Å². The van der Waals surface area contributed by atoms with E-state index in [4.69, 9.17) is 16.9 Å². The minimum Gasteiger partial charge on any atom is -0.399 e. The van der Waals surface area contributed by atoms with Crippen molar-refractivity contribution in [3.05, 3.63) is 112 Å². The highest BCUT2D eigenvalue weighted by atomic mass is 35.5. The zero-order valence-electron chi connectivity index (χ0n) is 24.3. The van der Waals surface area contributed by atoms with Crippen LogP contribution >= 0.6 is 24.8 Å². The molecule has 0 radical (unpaired) electrons. The first-order valence-electron chi connectivity index (χ1n) is 13.4. The van der Waals surface area contributed by atoms with Crippen molar-refractivity contribution in [2.24, 2.45) is 5.73 Å². The van der Waals surface area contributed by atoms with Gasteiger partial charge in [0.05, 0.1) is 11.9 Å². The van der Waals surface area contributed by atoms with Crippen LogP contribution in [0.3, 0.4) is 0 Å². The Kier molecular flexibility index (Phi) is 12.9. The van der Waals surface area contributed by atoms with Gasteiger partial charge in [0, 0.05) is 41.5 Å². The fraction of sp³-hybridized carbons (Fsp3) is 0.194. The highest BCUT2D eigenvalue weighted by Gasteiger charge is 2.18. The second-order valence-electron chi connectivity index (χ2n) is 10.1. The van der Waals surface area contributed by atoms with Crippen molar-refractivity contribution in [1.82, 2.24) is 20.2 Å². The predicted octanol–water partition coefficient (Wildman–Crippen LogP) is 3.69. The number of aromatic nitrogens is 2. The molecule has 1 heterocycles. The molecule has 0 spiro atoms. The molecule has 8 N–H and O–H groups in total. The molecule has 0 saturated heterocycles. The molecule has 0 fully saturated rings. The van der Waals surface area contributed by atoms with Crippen LogP contribution in [-0.4, -0.2) is 33.2 Å². The third-order valence-electron chi connectivity index (χ3n) is 6.35. The molecule has 2 amide bonds. The molecule has 13 heteroatoms. The lowest BCUT2D eigenvalue weighted by atomic mass is 10.1. The standard InChI is InChI=1S/C31H34N8O3.2ClH/c1-19(2)38-29-31(42)39(18-27(40)35-15-21-8-10-22(11-9-21)28(33)34)26(17-36-29)23-12-24(14-25(32)13-23)30(41)37-16-20-6-4-3-5-7-20;;/h3-14,17,19H,15-16,18,32H2,1-2H3,(H3,33,34)(H,35,40)(H,36,38)(H,37,41);2*1H. The van der Waals surface area contributed by atoms with Crippen molar-refractivity contribution < 1.29 is 9.59 Å². The van der Waals surface area contributed by atoms with E-state index in [-0.39, 0.29) is 61.5 Å². The maximum absolute atomic E-state index is 13.5. The minimum absolute atomic E-state index is 0. The van der Waals surface area contributed by atoms with Gasteiger partial charge < -0.3 is 27.4 Å². The monoisotopic (exact) mass is 638 g/mol. The molecule has 0 aliphatic rings. The number of amidine groups is 1. The van der Waals surface area contributed by atoms with Gasteiger partial charge in [-0.2, -0.15) is 0 Å². The molecule has 44 heavy (non-hydrogen) atoms. The van der Waals surface area contributed by atoms with E-state index in [0.29, 0.717) is 34.6 Å². The van der Waals surface area contributed by atoms with Crippen LogP contribution < -0.4 is 33.0 Å². The third-order valence-corrected chi connectivity index (χ3v) is 6.35. The van der Waals surface area contributed by atoms with Crippen molar-refractivity contribution in [3.63, 3.8) is 0 Å². The molecule has 1 aromatic heterocycles. The van der Waals surface area contributed by atoms with Crippen LogP contribution in [0.2, 0.25) is 0 Å². The van der Waals surface area contributed by atoms with E-state index in [1.807, 2.05) is 44.2 Å². The fourth-order valence-electron chi connectivity index (χ4n) is 4.26. The summed E-state index contributed by atoms with van der Waals surface area (Å²) in [4.78, 5) is 43.8. The summed E-state index contributed by atoms with van der Waals surface area (Å²) in [7, 11) is 0. The second-order valence-corrected chi connectivity index (χ2v) is 10.1. The summed E-state index contributed by atoms with van der Waals surface area (Å²) in [5.74, 6) is -0.674. The Hall–Kier alpha value is -4.87. The van der Waals surface area contributed by atoms with Gasteiger partial charge in [-0.1, -0.05) is 54.6 Å². The van der Waals surface area contributed by atoms with Crippen LogP contribution in [0.25, 0.3) is 11.3 Å². The molecule has 0 aliphatic heterocycles. The van der Waals surface area contributed by atoms with Crippen LogP contribution in [0.4, 0.5) is 11.5 Å². The number of nitrogens with zero attached hydrogens (tertiary/aromatic N) is 2. The normalized spacial score (nSPS) is 10.2. The van der Waals surface area contributed by atoms with E-state index < -0.39 is 11.5 Å². The molecule has 0 bridgehead atoms. The van der Waals surface area contributed by atoms with Gasteiger partial charge in [-0.3, -0.25) is 24.4 Å². The van der Waals surface area contributed by atoms with E-state index in [0.717, 1.165) is 11.1 Å². The number of amides is 2. The lowest BCUT2D eigenvalue weighted by Crippen LogP contribution is -2.35. The first-order valence-corrected chi connectivity index (χ1v) is 13.4. The lowest BCUT2D eigenvalue weighted by molar-refractivity contribution is -0.121. The average Bonchev–Trinajstić information content (AvgIpc) is 2.97. The summed E-state index contributed by atoms with van der Waals surface area (Å²) in [6, 6.07) is 21.2. The van der Waals surface area contributed by atoms with Crippen molar-refractivity contribution in [2.75, 3.05) is 11.1 Å². The van der Waals surface area contributed by atoms with Gasteiger partial charge in [0.15, 0.2) is 5.82 Å². The topological polar surface area (TPSA) is 181 Å². The molecule has 232 valence electrons. The number of rotatable bonds is 11. The van der Waals surface area contributed by atoms with Gasteiger partial charge in [-0.25, -0.2) is 4.98 Å². The number of hydrogen-bond acceptors (Lipinski definition) is 7. The van der Waals surface area contributed by atoms with Crippen molar-refractivity contribution in [3.8, 4) is 11.3 Å². The Morgan fingerprint density at radius 3 is 2.18 bits per heavy atom. The number of hydrogen-bond donors (Lipinski definition) is 6. The summed E-state index contributed by atoms with van der Waals surface area (Å²) < 4.78 is 1.31. The Balaban J connectivity index is 0.00000337. The zero-order valence-corrected chi connectivity index (χ0v) is 25.9. The molecule has 3 aromatic carbocycles. The first kappa shape index (κ1) is 35.3. The summed E-state index contributed by atoms with van der Waals surface area (Å²) in [5, 5.41) is 16.2. The SMILES string of the molecule is CC(C)Nc1ncc(-c2cc(N)cc(C(=O)NCc3ccccc3)c2)n(CC(=O)NCc2ccc(C(=N)N)cc2)c1=O.Cl.Cl. The number of carbonyl (C=O) groups is 2. The fourth-order valence-corrected chi connectivity index (χ4v) is 4.26. The van der Waals surface area contributed by atoms with Crippen LogP contribution in [-0.2, 0) is 24.4 Å². The van der Waals surface area contributed by atoms with E-state index >= 15 is 0 Å². The van der Waals surface area contributed by atoms with Crippen LogP contribution in [0.1, 0.15) is 40.9 Å². The minimum atomic E-state index is -0.486. The molecule has 4 aromatic rings. The number of carbonyl (C=O) groups excluding carboxylic acids is 2. The molecule has 0 aliphatic carbocycles. The Morgan fingerprint density at radius 1 is 0.909 bits per heavy atom. The molecule has 4 rings (SSSR count). The van der Waals surface area contributed by atoms with Crippen molar-refractivity contribution in [1.29, 1.82) is 5.41 Å². The van der Waals surface area contributed by atoms with Crippen LogP contribution in [0, 0.1) is 5.41 Å². The molecule has 0 atom stereocenters. The smallest absolute Gasteiger partial charge is 0.294 e. The highest BCUT2D eigenvalue weighted by molar-refractivity contribution is 5.96. The highest BCUT2D eigenvalue weighted by Crippen LogP contribution is 2.23. The van der Waals surface area contributed by atoms with Gasteiger partial charge in [0.25, 0.3) is 11.5 Å². The number of nitrogen functional groups attached to an aromatic ring is 2. The summed E-state index contributed by atoms with van der Waals surface area (Å²) in [6.07, 6.45) is 1.49. The number of nitrogens with two attached hydrogens (primary N) is 2. The van der Waals surface area contributed by atoms with E-state index in [1.54, 1.807) is 42.5 Å². The average molecular weight is 640 g/mol. The molecule has 0 saturated carbocycles. The molecule has 11 nitrogen and oxygen atoms in total. The third kappa shape index (κ3) is 9.32. The zero-order chi connectivity index (χ0) is 30.2. The van der Waals surface area contributed by atoms with Gasteiger partial charge in [-0.15, -0.1) is 24.8 Å². The number of halogens is 2. The number of anilines is 2. The summed E-state index contributed by atoms with van der Waals surface area (Å²) in [5.41, 5.74) is 14.9. The predicted molar refractivity (Wildman–Crippen MR) is 179 cm³/mol. The van der Waals surface area contributed by atoms with Crippen LogP contribution in [0.5, 0.6) is 0 Å².